The number of amides is 2. The fraction of sp³-hybridized carbons (Fsp3) is 0.650. The normalized spacial score (nSPS) is 22.1. The molecule has 2 amide bonds. The van der Waals surface area contributed by atoms with Crippen LogP contribution in [0.25, 0.3) is 0 Å². The second kappa shape index (κ2) is 8.94. The first-order chi connectivity index (χ1) is 14.1. The Kier molecular flexibility index (Phi) is 6.73. The van der Waals surface area contributed by atoms with Gasteiger partial charge in [-0.05, 0) is 39.0 Å². The molecule has 2 fully saturated rings. The minimum Gasteiger partial charge on any atom is -0.351 e. The molecule has 2 aliphatic rings. The molecule has 10 heteroatoms. The number of Topliss-reactive ketones (excluding diaryl/α,β-unsaturated/α-hetero) is 1. The lowest BCUT2D eigenvalue weighted by Gasteiger charge is -2.20. The third-order valence-corrected chi connectivity index (χ3v) is 6.23. The first kappa shape index (κ1) is 22.6. The van der Waals surface area contributed by atoms with Crippen LogP contribution in [0.5, 0.6) is 0 Å². The van der Waals surface area contributed by atoms with Crippen molar-refractivity contribution in [2.75, 3.05) is 0 Å². The molecule has 3 atom stereocenters. The summed E-state index contributed by atoms with van der Waals surface area (Å²) in [6, 6.07) is 1.28. The van der Waals surface area contributed by atoms with Gasteiger partial charge in [-0.1, -0.05) is 36.0 Å². The highest BCUT2D eigenvalue weighted by atomic mass is 35.5. The number of hydrogen-bond acceptors (Lipinski definition) is 5. The lowest BCUT2D eigenvalue weighted by molar-refractivity contribution is -0.127. The van der Waals surface area contributed by atoms with Crippen molar-refractivity contribution in [1.82, 2.24) is 20.6 Å². The molecule has 1 aromatic heterocycles. The summed E-state index contributed by atoms with van der Waals surface area (Å²) >= 11 is 11.6. The zero-order valence-corrected chi connectivity index (χ0v) is 18.4. The summed E-state index contributed by atoms with van der Waals surface area (Å²) in [6.45, 7) is 3.85. The minimum atomic E-state index is -0.800. The van der Waals surface area contributed by atoms with E-state index in [1.54, 1.807) is 0 Å². The van der Waals surface area contributed by atoms with E-state index in [9.17, 15) is 19.6 Å². The van der Waals surface area contributed by atoms with Gasteiger partial charge in [0.25, 0.3) is 0 Å². The van der Waals surface area contributed by atoms with Gasteiger partial charge in [-0.15, -0.1) is 0 Å². The van der Waals surface area contributed by atoms with Gasteiger partial charge >= 0.3 is 0 Å². The molecular weight excluding hydrogens is 429 g/mol. The number of nitrogens with zero attached hydrogens (tertiary/aromatic N) is 2. The average molecular weight is 454 g/mol. The summed E-state index contributed by atoms with van der Waals surface area (Å²) in [5, 5.41) is 15.2. The first-order valence-corrected chi connectivity index (χ1v) is 10.8. The Bertz CT molecular complexity index is 868. The molecule has 0 bridgehead atoms. The van der Waals surface area contributed by atoms with Crippen molar-refractivity contribution in [3.05, 3.63) is 16.1 Å². The molecular formula is C20H25Cl2N5O3. The van der Waals surface area contributed by atoms with Crippen molar-refractivity contribution < 1.29 is 14.4 Å². The fourth-order valence-corrected chi connectivity index (χ4v) is 4.19. The van der Waals surface area contributed by atoms with E-state index in [1.807, 2.05) is 13.8 Å². The predicted octanol–water partition coefficient (Wildman–Crippen LogP) is 3.02. The van der Waals surface area contributed by atoms with Gasteiger partial charge in [0.05, 0.1) is 6.07 Å². The van der Waals surface area contributed by atoms with Crippen LogP contribution in [-0.4, -0.2) is 39.1 Å². The van der Waals surface area contributed by atoms with Gasteiger partial charge in [0.1, 0.15) is 11.2 Å². The largest absolute Gasteiger partial charge is 0.351 e. The number of ketones is 1. The Labute approximate surface area is 185 Å². The van der Waals surface area contributed by atoms with E-state index in [1.165, 1.54) is 0 Å². The zero-order chi connectivity index (χ0) is 22.1. The highest BCUT2D eigenvalue weighted by molar-refractivity contribution is 6.40. The van der Waals surface area contributed by atoms with Crippen LogP contribution in [0.15, 0.2) is 0 Å². The number of nitrogens with one attached hydrogen (secondary N) is 3. The second-order valence-corrected chi connectivity index (χ2v) is 9.63. The standard InChI is InChI=1S/C20H25Cl2N5O3/c1-20(2)8-12(19(30)27-20)6-13(9-23)24-18(29)11(5-10-3-4-10)7-14(28)17-25-15(21)16(22)26-17/h10-13H,3-8H2,1-2H3,(H,24,29)(H,25,26)(H,27,30)/t11-,12-,13+/m1/s1. The van der Waals surface area contributed by atoms with Gasteiger partial charge in [0.2, 0.25) is 11.8 Å². The van der Waals surface area contributed by atoms with Crippen LogP contribution in [0.1, 0.15) is 63.0 Å². The lowest BCUT2D eigenvalue weighted by atomic mass is 9.91. The van der Waals surface area contributed by atoms with Crippen molar-refractivity contribution in [3.63, 3.8) is 0 Å². The Balaban J connectivity index is 1.63. The monoisotopic (exact) mass is 453 g/mol. The number of H-pyrrole nitrogens is 1. The Morgan fingerprint density at radius 3 is 2.53 bits per heavy atom. The number of rotatable bonds is 9. The van der Waals surface area contributed by atoms with Crippen LogP contribution in [0.3, 0.4) is 0 Å². The molecule has 1 saturated heterocycles. The van der Waals surface area contributed by atoms with Crippen LogP contribution in [0.2, 0.25) is 10.3 Å². The van der Waals surface area contributed by atoms with Crippen molar-refractivity contribution >= 4 is 40.8 Å². The molecule has 8 nitrogen and oxygen atoms in total. The van der Waals surface area contributed by atoms with Crippen LogP contribution >= 0.6 is 23.2 Å². The maximum atomic E-state index is 12.9. The molecule has 2 heterocycles. The highest BCUT2D eigenvalue weighted by Crippen LogP contribution is 2.37. The molecule has 1 aliphatic carbocycles. The molecule has 0 spiro atoms. The zero-order valence-electron chi connectivity index (χ0n) is 16.9. The highest BCUT2D eigenvalue weighted by Gasteiger charge is 2.39. The maximum absolute atomic E-state index is 12.9. The van der Waals surface area contributed by atoms with Gasteiger partial charge in [-0.25, -0.2) is 4.98 Å². The van der Waals surface area contributed by atoms with E-state index >= 15 is 0 Å². The van der Waals surface area contributed by atoms with Gasteiger partial charge in [0.15, 0.2) is 16.8 Å². The Hall–Kier alpha value is -2.11. The summed E-state index contributed by atoms with van der Waals surface area (Å²) < 4.78 is 0. The number of imidazole rings is 1. The summed E-state index contributed by atoms with van der Waals surface area (Å²) in [6.07, 6.45) is 3.39. The topological polar surface area (TPSA) is 128 Å². The molecule has 0 radical (unpaired) electrons. The summed E-state index contributed by atoms with van der Waals surface area (Å²) in [5.41, 5.74) is -0.321. The molecule has 3 N–H and O–H groups in total. The van der Waals surface area contributed by atoms with E-state index in [0.29, 0.717) is 18.8 Å². The number of nitriles is 1. The first-order valence-electron chi connectivity index (χ1n) is 10.0. The van der Waals surface area contributed by atoms with E-state index in [4.69, 9.17) is 23.2 Å². The van der Waals surface area contributed by atoms with Crippen molar-refractivity contribution in [2.45, 2.75) is 64.0 Å². The van der Waals surface area contributed by atoms with Crippen LogP contribution in [-0.2, 0) is 9.59 Å². The number of carbonyl (C=O) groups is 3. The van der Waals surface area contributed by atoms with E-state index in [-0.39, 0.29) is 58.0 Å². The van der Waals surface area contributed by atoms with Crippen LogP contribution < -0.4 is 10.6 Å². The molecule has 162 valence electrons. The average Bonchev–Trinajstić information content (AvgIpc) is 3.36. The lowest BCUT2D eigenvalue weighted by Crippen LogP contribution is -2.41. The number of aromatic amines is 1. The Morgan fingerprint density at radius 2 is 2.03 bits per heavy atom. The van der Waals surface area contributed by atoms with Crippen molar-refractivity contribution in [1.29, 1.82) is 5.26 Å². The van der Waals surface area contributed by atoms with Crippen molar-refractivity contribution in [2.24, 2.45) is 17.8 Å². The second-order valence-electron chi connectivity index (χ2n) is 8.89. The molecule has 0 unspecified atom stereocenters. The maximum Gasteiger partial charge on any atom is 0.224 e. The summed E-state index contributed by atoms with van der Waals surface area (Å²) in [4.78, 5) is 44.1. The van der Waals surface area contributed by atoms with E-state index in [0.717, 1.165) is 12.8 Å². The van der Waals surface area contributed by atoms with Crippen LogP contribution in [0, 0.1) is 29.1 Å². The molecule has 0 aromatic carbocycles. The van der Waals surface area contributed by atoms with Crippen LogP contribution in [0.4, 0.5) is 0 Å². The molecule has 1 aromatic rings. The molecule has 1 saturated carbocycles. The van der Waals surface area contributed by atoms with Crippen molar-refractivity contribution in [3.8, 4) is 6.07 Å². The third kappa shape index (κ3) is 5.73. The molecule has 30 heavy (non-hydrogen) atoms. The number of carbonyl (C=O) groups excluding carboxylic acids is 3. The van der Waals surface area contributed by atoms with Gasteiger partial charge in [-0.2, -0.15) is 5.26 Å². The number of hydrogen-bond donors (Lipinski definition) is 3. The molecule has 1 aliphatic heterocycles. The SMILES string of the molecule is CC1(C)C[C@@H](C[C@@H](C#N)NC(=O)[C@@H](CC(=O)c2nc(Cl)c(Cl)[nH]2)CC2CC2)C(=O)N1. The molecule has 3 rings (SSSR count). The van der Waals surface area contributed by atoms with Gasteiger partial charge in [0, 0.05) is 23.8 Å². The Morgan fingerprint density at radius 1 is 1.33 bits per heavy atom. The van der Waals surface area contributed by atoms with E-state index < -0.39 is 12.0 Å². The third-order valence-electron chi connectivity index (χ3n) is 5.58. The quantitative estimate of drug-likeness (QED) is 0.495. The number of aromatic nitrogens is 2. The summed E-state index contributed by atoms with van der Waals surface area (Å²) in [7, 11) is 0. The summed E-state index contributed by atoms with van der Waals surface area (Å²) in [5.74, 6) is -1.33. The number of halogens is 2. The minimum absolute atomic E-state index is 0.00511. The predicted molar refractivity (Wildman–Crippen MR) is 111 cm³/mol. The van der Waals surface area contributed by atoms with E-state index in [2.05, 4.69) is 26.7 Å². The van der Waals surface area contributed by atoms with Gasteiger partial charge in [-0.3, -0.25) is 14.4 Å². The fourth-order valence-electron chi connectivity index (χ4n) is 3.93. The smallest absolute Gasteiger partial charge is 0.224 e. The van der Waals surface area contributed by atoms with Gasteiger partial charge < -0.3 is 15.6 Å².